The van der Waals surface area contributed by atoms with Crippen molar-refractivity contribution in [1.29, 1.82) is 0 Å². The van der Waals surface area contributed by atoms with Crippen molar-refractivity contribution in [3.63, 3.8) is 0 Å². The molecule has 3 N–H and O–H groups in total. The van der Waals surface area contributed by atoms with Crippen LogP contribution in [0.5, 0.6) is 0 Å². The van der Waals surface area contributed by atoms with Crippen LogP contribution < -0.4 is 15.5 Å². The molecule has 4 aliphatic heterocycles. The number of carbonyl (C=O) groups excluding carboxylic acids is 4. The van der Waals surface area contributed by atoms with Gasteiger partial charge in [-0.3, -0.25) is 29.2 Å². The van der Waals surface area contributed by atoms with Crippen LogP contribution in [0.15, 0.2) is 61.2 Å². The number of aliphatic hydroxyl groups is 1. The van der Waals surface area contributed by atoms with Crippen LogP contribution in [0.1, 0.15) is 90.3 Å². The van der Waals surface area contributed by atoms with Gasteiger partial charge < -0.3 is 25.1 Å². The van der Waals surface area contributed by atoms with Crippen molar-refractivity contribution >= 4 is 51.6 Å². The van der Waals surface area contributed by atoms with E-state index in [-0.39, 0.29) is 36.1 Å². The zero-order valence-corrected chi connectivity index (χ0v) is 31.6. The summed E-state index contributed by atoms with van der Waals surface area (Å²) in [6.07, 6.45) is 11.7. The number of amides is 4. The molecule has 2 aromatic carbocycles. The average Bonchev–Trinajstić information content (AvgIpc) is 3.90. The van der Waals surface area contributed by atoms with E-state index in [0.29, 0.717) is 46.9 Å². The van der Waals surface area contributed by atoms with Gasteiger partial charge in [-0.1, -0.05) is 0 Å². The third-order valence-electron chi connectivity index (χ3n) is 12.0. The molecule has 0 aliphatic carbocycles. The zero-order chi connectivity index (χ0) is 38.7. The number of nitrogens with zero attached hydrogens (tertiary/aromatic N) is 8. The maximum Gasteiger partial charge on any atom is 0.261 e. The highest BCUT2D eigenvalue weighted by molar-refractivity contribution is 6.09. The number of fused-ring (bicyclic) bond motifs is 3. The summed E-state index contributed by atoms with van der Waals surface area (Å²) in [4.78, 5) is 61.5. The molecular formula is C41H46N10O5. The largest absolute Gasteiger partial charge is 0.386 e. The summed E-state index contributed by atoms with van der Waals surface area (Å²) in [6.45, 7) is 8.76. The van der Waals surface area contributed by atoms with Gasteiger partial charge in [0.15, 0.2) is 5.65 Å². The number of piperidine rings is 3. The molecule has 3 aromatic heterocycles. The van der Waals surface area contributed by atoms with Crippen LogP contribution in [0.2, 0.25) is 0 Å². The van der Waals surface area contributed by atoms with E-state index in [1.807, 2.05) is 30.5 Å². The Morgan fingerprint density at radius 2 is 1.82 bits per heavy atom. The third kappa shape index (κ3) is 6.78. The van der Waals surface area contributed by atoms with Crippen LogP contribution in [0.4, 0.5) is 11.4 Å². The van der Waals surface area contributed by atoms with Crippen molar-refractivity contribution in [2.45, 2.75) is 76.6 Å². The molecule has 0 bridgehead atoms. The number of imide groups is 1. The second kappa shape index (κ2) is 14.1. The smallest absolute Gasteiger partial charge is 0.261 e. The van der Waals surface area contributed by atoms with E-state index < -0.39 is 11.6 Å². The van der Waals surface area contributed by atoms with Crippen molar-refractivity contribution in [1.82, 2.24) is 39.5 Å². The van der Waals surface area contributed by atoms with Crippen LogP contribution in [0.3, 0.4) is 0 Å². The summed E-state index contributed by atoms with van der Waals surface area (Å²) in [5.74, 6) is -0.550. The van der Waals surface area contributed by atoms with Gasteiger partial charge in [0.1, 0.15) is 11.6 Å². The first-order valence-electron chi connectivity index (χ1n) is 19.6. The number of aromatic nitrogens is 5. The van der Waals surface area contributed by atoms with Gasteiger partial charge >= 0.3 is 0 Å². The van der Waals surface area contributed by atoms with Gasteiger partial charge in [0.05, 0.1) is 23.4 Å². The SMILES string of the molecule is CC(C)(O)c1cc2nn(C3CCN(CC4CCN(c5ccc6c(c5)CN(C5CCC(=O)NC5=O)C6=O)CC4)CC3)cc2cc1NC(=O)c1cnn2cccnc12. The molecule has 1 atom stereocenters. The summed E-state index contributed by atoms with van der Waals surface area (Å²) in [5, 5.41) is 26.5. The van der Waals surface area contributed by atoms with Gasteiger partial charge in [-0.25, -0.2) is 9.50 Å². The van der Waals surface area contributed by atoms with Crippen LogP contribution in [-0.4, -0.2) is 102 Å². The fraction of sp³-hybridized carbons (Fsp3) is 0.439. The monoisotopic (exact) mass is 758 g/mol. The molecule has 1 unspecified atom stereocenters. The molecule has 0 radical (unpaired) electrons. The Hall–Kier alpha value is -5.67. The number of carbonyl (C=O) groups is 4. The summed E-state index contributed by atoms with van der Waals surface area (Å²) in [7, 11) is 0. The third-order valence-corrected chi connectivity index (χ3v) is 12.0. The van der Waals surface area contributed by atoms with E-state index in [4.69, 9.17) is 5.10 Å². The highest BCUT2D eigenvalue weighted by atomic mass is 16.3. The fourth-order valence-electron chi connectivity index (χ4n) is 8.93. The molecule has 5 aromatic rings. The molecule has 7 heterocycles. The molecule has 3 fully saturated rings. The predicted molar refractivity (Wildman–Crippen MR) is 208 cm³/mol. The number of likely N-dealkylation sites (tertiary alicyclic amines) is 1. The van der Waals surface area contributed by atoms with Crippen molar-refractivity contribution in [2.24, 2.45) is 5.92 Å². The first kappa shape index (κ1) is 36.0. The lowest BCUT2D eigenvalue weighted by Crippen LogP contribution is -2.52. The van der Waals surface area contributed by atoms with Crippen LogP contribution in [0, 0.1) is 5.92 Å². The number of benzene rings is 2. The highest BCUT2D eigenvalue weighted by Gasteiger charge is 2.39. The van der Waals surface area contributed by atoms with Gasteiger partial charge in [0.2, 0.25) is 11.8 Å². The maximum atomic E-state index is 13.4. The van der Waals surface area contributed by atoms with E-state index >= 15 is 0 Å². The lowest BCUT2D eigenvalue weighted by atomic mass is 9.94. The summed E-state index contributed by atoms with van der Waals surface area (Å²) < 4.78 is 3.61. The topological polar surface area (TPSA) is 170 Å². The fourth-order valence-corrected chi connectivity index (χ4v) is 8.93. The number of anilines is 2. The van der Waals surface area contributed by atoms with Gasteiger partial charge in [-0.05, 0) is 93.8 Å². The van der Waals surface area contributed by atoms with Gasteiger partial charge in [0.25, 0.3) is 11.8 Å². The van der Waals surface area contributed by atoms with Crippen molar-refractivity contribution in [2.75, 3.05) is 42.9 Å². The van der Waals surface area contributed by atoms with Crippen LogP contribution in [-0.2, 0) is 21.7 Å². The lowest BCUT2D eigenvalue weighted by Gasteiger charge is -2.38. The Morgan fingerprint density at radius 1 is 1.02 bits per heavy atom. The Balaban J connectivity index is 0.795. The van der Waals surface area contributed by atoms with Crippen molar-refractivity contribution in [3.05, 3.63) is 83.4 Å². The Bertz CT molecular complexity index is 2360. The standard InChI is InChI=1S/C41H46N10O5/c1-41(2,56)32-20-33-27(19-34(32)44-38(53)31-21-43-50-13-3-12-42-37(31)50)24-51(46-33)28-10-14-47(15-11-28)22-25-8-16-48(17-9-25)29-4-5-30-26(18-29)23-49(40(30)55)35-6-7-36(52)45-39(35)54/h3-5,12-13,18-21,24-25,28,35,56H,6-11,14-17,22-23H2,1-2H3,(H,44,53)(H,45,52,54). The Labute approximate surface area is 323 Å². The van der Waals surface area contributed by atoms with E-state index in [9.17, 15) is 24.3 Å². The molecule has 9 rings (SSSR count). The molecule has 56 heavy (non-hydrogen) atoms. The average molecular weight is 759 g/mol. The second-order valence-corrected chi connectivity index (χ2v) is 16.2. The normalized spacial score (nSPS) is 20.3. The number of rotatable bonds is 8. The molecule has 15 heteroatoms. The number of hydrogen-bond acceptors (Lipinski definition) is 10. The molecule has 15 nitrogen and oxygen atoms in total. The Morgan fingerprint density at radius 3 is 2.59 bits per heavy atom. The minimum absolute atomic E-state index is 0.141. The van der Waals surface area contributed by atoms with E-state index in [2.05, 4.69) is 41.3 Å². The van der Waals surface area contributed by atoms with Gasteiger partial charge in [-0.2, -0.15) is 10.2 Å². The molecular weight excluding hydrogens is 713 g/mol. The molecule has 3 saturated heterocycles. The van der Waals surface area contributed by atoms with Crippen molar-refractivity contribution in [3.8, 4) is 0 Å². The molecule has 0 spiro atoms. The molecule has 4 aliphatic rings. The lowest BCUT2D eigenvalue weighted by molar-refractivity contribution is -0.136. The van der Waals surface area contributed by atoms with Gasteiger partial charge in [-0.15, -0.1) is 0 Å². The number of nitrogens with one attached hydrogen (secondary N) is 2. The van der Waals surface area contributed by atoms with E-state index in [1.54, 1.807) is 41.7 Å². The zero-order valence-electron chi connectivity index (χ0n) is 31.6. The first-order chi connectivity index (χ1) is 27.0. The minimum atomic E-state index is -1.22. The van der Waals surface area contributed by atoms with Crippen LogP contribution in [0.25, 0.3) is 16.6 Å². The van der Waals surface area contributed by atoms with E-state index in [1.165, 1.54) is 6.20 Å². The van der Waals surface area contributed by atoms with Gasteiger partial charge in [0, 0.05) is 92.2 Å². The van der Waals surface area contributed by atoms with Crippen molar-refractivity contribution < 1.29 is 24.3 Å². The first-order valence-corrected chi connectivity index (χ1v) is 19.6. The maximum absolute atomic E-state index is 13.4. The minimum Gasteiger partial charge on any atom is -0.386 e. The highest BCUT2D eigenvalue weighted by Crippen LogP contribution is 2.35. The van der Waals surface area contributed by atoms with E-state index in [0.717, 1.165) is 80.6 Å². The quantitative estimate of drug-likeness (QED) is 0.198. The second-order valence-electron chi connectivity index (χ2n) is 16.2. The molecule has 290 valence electrons. The number of hydrogen-bond donors (Lipinski definition) is 3. The molecule has 0 saturated carbocycles. The molecule has 4 amide bonds. The summed E-state index contributed by atoms with van der Waals surface area (Å²) in [6, 6.07) is 11.2. The summed E-state index contributed by atoms with van der Waals surface area (Å²) in [5.41, 5.74) is 4.15. The predicted octanol–water partition coefficient (Wildman–Crippen LogP) is 3.87. The summed E-state index contributed by atoms with van der Waals surface area (Å²) >= 11 is 0. The van der Waals surface area contributed by atoms with Crippen LogP contribution >= 0.6 is 0 Å². The Kier molecular flexibility index (Phi) is 9.08.